The molecule has 1 unspecified atom stereocenters. The molecule has 1 aliphatic heterocycles. The van der Waals surface area contributed by atoms with Gasteiger partial charge in [-0.3, -0.25) is 4.79 Å². The van der Waals surface area contributed by atoms with Gasteiger partial charge in [0, 0.05) is 12.0 Å². The van der Waals surface area contributed by atoms with Crippen LogP contribution in [0.4, 0.5) is 0 Å². The van der Waals surface area contributed by atoms with E-state index in [2.05, 4.69) is 53.8 Å². The Hall–Kier alpha value is -2.09. The summed E-state index contributed by atoms with van der Waals surface area (Å²) < 4.78 is 0. The first-order valence-electron chi connectivity index (χ1n) is 7.17. The van der Waals surface area contributed by atoms with Crippen molar-refractivity contribution in [3.63, 3.8) is 0 Å². The van der Waals surface area contributed by atoms with Gasteiger partial charge in [0.15, 0.2) is 0 Å². The second kappa shape index (κ2) is 5.49. The molecule has 1 N–H and O–H groups in total. The van der Waals surface area contributed by atoms with E-state index in [0.29, 0.717) is 6.04 Å². The van der Waals surface area contributed by atoms with Gasteiger partial charge in [0.25, 0.3) is 0 Å². The van der Waals surface area contributed by atoms with Gasteiger partial charge in [-0.25, -0.2) is 0 Å². The van der Waals surface area contributed by atoms with Crippen LogP contribution in [0.2, 0.25) is 0 Å². The molecule has 20 heavy (non-hydrogen) atoms. The topological polar surface area (TPSA) is 29.1 Å². The van der Waals surface area contributed by atoms with Gasteiger partial charge in [0.05, 0.1) is 0 Å². The number of nitrogens with one attached hydrogen (secondary N) is 1. The van der Waals surface area contributed by atoms with Crippen LogP contribution in [0, 0.1) is 5.92 Å². The maximum absolute atomic E-state index is 11.5. The highest BCUT2D eigenvalue weighted by atomic mass is 16.2. The molecule has 2 nitrogen and oxygen atoms in total. The molecule has 1 saturated heterocycles. The molecular formula is C18H19NO. The summed E-state index contributed by atoms with van der Waals surface area (Å²) in [5.41, 5.74) is 3.75. The Morgan fingerprint density at radius 2 is 1.65 bits per heavy atom. The Morgan fingerprint density at radius 3 is 2.25 bits per heavy atom. The first-order valence-corrected chi connectivity index (χ1v) is 7.17. The zero-order chi connectivity index (χ0) is 13.9. The molecule has 0 bridgehead atoms. The van der Waals surface area contributed by atoms with E-state index in [1.54, 1.807) is 0 Å². The monoisotopic (exact) mass is 265 g/mol. The molecule has 1 fully saturated rings. The van der Waals surface area contributed by atoms with Crippen molar-refractivity contribution in [2.75, 3.05) is 0 Å². The molecule has 3 rings (SSSR count). The lowest BCUT2D eigenvalue weighted by Gasteiger charge is -2.10. The summed E-state index contributed by atoms with van der Waals surface area (Å²) in [5.74, 6) is 0.347. The summed E-state index contributed by atoms with van der Waals surface area (Å²) in [5, 5.41) is 3.06. The van der Waals surface area contributed by atoms with E-state index in [1.807, 2.05) is 13.0 Å². The van der Waals surface area contributed by atoms with Gasteiger partial charge >= 0.3 is 0 Å². The largest absolute Gasteiger partial charge is 0.353 e. The van der Waals surface area contributed by atoms with Crippen molar-refractivity contribution in [2.45, 2.75) is 25.8 Å². The minimum Gasteiger partial charge on any atom is -0.353 e. The fourth-order valence-electron chi connectivity index (χ4n) is 2.82. The van der Waals surface area contributed by atoms with E-state index in [0.717, 1.165) is 12.8 Å². The third-order valence-corrected chi connectivity index (χ3v) is 3.98. The van der Waals surface area contributed by atoms with Gasteiger partial charge in [-0.2, -0.15) is 0 Å². The maximum Gasteiger partial charge on any atom is 0.223 e. The predicted molar refractivity (Wildman–Crippen MR) is 81.3 cm³/mol. The Morgan fingerprint density at radius 1 is 1.00 bits per heavy atom. The van der Waals surface area contributed by atoms with Crippen molar-refractivity contribution in [3.05, 3.63) is 60.2 Å². The van der Waals surface area contributed by atoms with Gasteiger partial charge in [0.1, 0.15) is 0 Å². The maximum atomic E-state index is 11.5. The van der Waals surface area contributed by atoms with E-state index < -0.39 is 0 Å². The minimum atomic E-state index is 0.156. The van der Waals surface area contributed by atoms with Crippen LogP contribution in [-0.4, -0.2) is 11.9 Å². The second-order valence-electron chi connectivity index (χ2n) is 5.61. The van der Waals surface area contributed by atoms with Gasteiger partial charge in [0.2, 0.25) is 5.91 Å². The fraction of sp³-hybridized carbons (Fsp3) is 0.278. The van der Waals surface area contributed by atoms with Gasteiger partial charge in [-0.05, 0) is 29.5 Å². The van der Waals surface area contributed by atoms with Crippen molar-refractivity contribution in [1.29, 1.82) is 0 Å². The van der Waals surface area contributed by atoms with E-state index in [4.69, 9.17) is 0 Å². The van der Waals surface area contributed by atoms with Crippen LogP contribution >= 0.6 is 0 Å². The first kappa shape index (κ1) is 12.9. The van der Waals surface area contributed by atoms with E-state index in [9.17, 15) is 4.79 Å². The number of benzene rings is 2. The normalized spacial score (nSPS) is 21.8. The van der Waals surface area contributed by atoms with Crippen LogP contribution in [0.25, 0.3) is 11.1 Å². The molecule has 102 valence electrons. The average molecular weight is 265 g/mol. The van der Waals surface area contributed by atoms with Crippen molar-refractivity contribution in [2.24, 2.45) is 5.92 Å². The highest BCUT2D eigenvalue weighted by molar-refractivity contribution is 5.80. The summed E-state index contributed by atoms with van der Waals surface area (Å²) in [4.78, 5) is 11.5. The quantitative estimate of drug-likeness (QED) is 0.905. The highest BCUT2D eigenvalue weighted by Crippen LogP contribution is 2.22. The van der Waals surface area contributed by atoms with Crippen molar-refractivity contribution in [1.82, 2.24) is 5.32 Å². The lowest BCUT2D eigenvalue weighted by Crippen LogP contribution is -2.27. The van der Waals surface area contributed by atoms with Gasteiger partial charge in [-0.15, -0.1) is 0 Å². The molecule has 1 aliphatic rings. The van der Waals surface area contributed by atoms with Crippen LogP contribution < -0.4 is 5.32 Å². The Kier molecular flexibility index (Phi) is 3.55. The second-order valence-corrected chi connectivity index (χ2v) is 5.61. The number of carbonyl (C=O) groups is 1. The van der Waals surface area contributed by atoms with E-state index in [1.165, 1.54) is 16.7 Å². The third-order valence-electron chi connectivity index (χ3n) is 3.98. The number of hydrogen-bond acceptors (Lipinski definition) is 1. The molecule has 1 heterocycles. The number of carbonyl (C=O) groups excluding carboxylic acids is 1. The van der Waals surface area contributed by atoms with Gasteiger partial charge < -0.3 is 5.32 Å². The molecule has 2 atom stereocenters. The molecule has 0 aliphatic carbocycles. The van der Waals surface area contributed by atoms with Crippen molar-refractivity contribution in [3.8, 4) is 11.1 Å². The highest BCUT2D eigenvalue weighted by Gasteiger charge is 2.27. The smallest absolute Gasteiger partial charge is 0.223 e. The Labute approximate surface area is 119 Å². The summed E-state index contributed by atoms with van der Waals surface area (Å²) in [7, 11) is 0. The molecule has 2 heteroatoms. The first-order chi connectivity index (χ1) is 9.72. The fourth-order valence-corrected chi connectivity index (χ4v) is 2.82. The molecule has 0 radical (unpaired) electrons. The lowest BCUT2D eigenvalue weighted by molar-refractivity contribution is -0.122. The molecular weight excluding hydrogens is 246 g/mol. The lowest BCUT2D eigenvalue weighted by atomic mass is 9.98. The summed E-state index contributed by atoms with van der Waals surface area (Å²) in [6.07, 6.45) is 1.87. The van der Waals surface area contributed by atoms with Crippen LogP contribution in [0.15, 0.2) is 54.6 Å². The molecule has 1 amide bonds. The van der Waals surface area contributed by atoms with E-state index >= 15 is 0 Å². The number of rotatable bonds is 3. The molecule has 0 saturated carbocycles. The van der Waals surface area contributed by atoms with Crippen molar-refractivity contribution >= 4 is 5.91 Å². The molecule has 2 aromatic carbocycles. The van der Waals surface area contributed by atoms with Gasteiger partial charge in [-0.1, -0.05) is 61.5 Å². The zero-order valence-electron chi connectivity index (χ0n) is 11.7. The van der Waals surface area contributed by atoms with Crippen LogP contribution in [0.1, 0.15) is 18.9 Å². The Bertz CT molecular complexity index is 589. The van der Waals surface area contributed by atoms with Crippen molar-refractivity contribution < 1.29 is 4.79 Å². The Balaban J connectivity index is 1.69. The molecule has 0 aromatic heterocycles. The summed E-state index contributed by atoms with van der Waals surface area (Å²) >= 11 is 0. The minimum absolute atomic E-state index is 0.156. The zero-order valence-corrected chi connectivity index (χ0v) is 11.7. The number of hydrogen-bond donors (Lipinski definition) is 1. The summed E-state index contributed by atoms with van der Waals surface area (Å²) in [6, 6.07) is 19.3. The molecule has 2 aromatic rings. The van der Waals surface area contributed by atoms with Crippen LogP contribution in [0.3, 0.4) is 0 Å². The van der Waals surface area contributed by atoms with E-state index in [-0.39, 0.29) is 11.8 Å². The number of amides is 1. The van der Waals surface area contributed by atoms with Crippen LogP contribution in [-0.2, 0) is 11.2 Å². The molecule has 0 spiro atoms. The third kappa shape index (κ3) is 2.74. The standard InChI is InChI=1S/C18H19NO/c1-13-11-17(19-18(13)20)12-14-7-9-16(10-8-14)15-5-3-2-4-6-15/h2-10,13,17H,11-12H2,1H3,(H,19,20)/t13-,17?/m1/s1. The average Bonchev–Trinajstić information content (AvgIpc) is 2.79. The van der Waals surface area contributed by atoms with Crippen LogP contribution in [0.5, 0.6) is 0 Å². The summed E-state index contributed by atoms with van der Waals surface area (Å²) in [6.45, 7) is 1.99. The SMILES string of the molecule is C[C@@H]1CC(Cc2ccc(-c3ccccc3)cc2)NC1=O. The predicted octanol–water partition coefficient (Wildman–Crippen LogP) is 3.42.